The zero-order valence-electron chi connectivity index (χ0n) is 42.5. The number of carboxylic acid groups (broad SMARTS) is 1. The van der Waals surface area contributed by atoms with E-state index in [2.05, 4.69) is 117 Å². The number of carbonyl (C=O) groups is 1. The van der Waals surface area contributed by atoms with Gasteiger partial charge >= 0.3 is 5.97 Å². The predicted octanol–water partition coefficient (Wildman–Crippen LogP) is 16.0. The van der Waals surface area contributed by atoms with Crippen molar-refractivity contribution in [2.24, 2.45) is 34.5 Å². The summed E-state index contributed by atoms with van der Waals surface area (Å²) in [5, 5.41) is 9.71. The standard InChI is InChI=1S/C61H81N5O2/c1-60(2,3)43-22-26-45(27-23-43)66(46-28-24-44(25-29-46)61(4,5)6)58-54-37-35-52(64-54)56(40-13-9-7-10-14-40)50-33-31-48(62-50)47(30-19-39-17-20-42(21-18-39)59(67)68)49-32-34-51(63-49)57(41-15-11-8-12-16-41)53-36-38-55(58)65-53/h31-46,64-65H,7-18,20-29H2,1-6H3,(H,67,68). The van der Waals surface area contributed by atoms with Crippen molar-refractivity contribution in [2.45, 2.75) is 207 Å². The van der Waals surface area contributed by atoms with Crippen LogP contribution in [0, 0.1) is 46.3 Å². The molecule has 0 saturated heterocycles. The quantitative estimate of drug-likeness (QED) is 0.147. The van der Waals surface area contributed by atoms with Crippen LogP contribution < -0.4 is 4.90 Å². The van der Waals surface area contributed by atoms with Gasteiger partial charge in [0.1, 0.15) is 0 Å². The number of aliphatic carboxylic acids is 1. The van der Waals surface area contributed by atoms with Crippen LogP contribution in [-0.2, 0) is 4.79 Å². The lowest BCUT2D eigenvalue weighted by Gasteiger charge is -2.48. The van der Waals surface area contributed by atoms with Crippen molar-refractivity contribution < 1.29 is 9.90 Å². The van der Waals surface area contributed by atoms with Gasteiger partial charge in [0.2, 0.25) is 0 Å². The molecule has 7 heteroatoms. The molecule has 7 aliphatic rings. The normalized spacial score (nSPS) is 26.3. The van der Waals surface area contributed by atoms with Gasteiger partial charge in [0.15, 0.2) is 0 Å². The Balaban J connectivity index is 1.21. The number of fused-ring (bicyclic) bond motifs is 8. The van der Waals surface area contributed by atoms with E-state index in [1.165, 1.54) is 154 Å². The number of hydrogen-bond donors (Lipinski definition) is 3. The Morgan fingerprint density at radius 3 is 1.37 bits per heavy atom. The van der Waals surface area contributed by atoms with Crippen LogP contribution in [0.1, 0.15) is 234 Å². The number of rotatable bonds is 6. The summed E-state index contributed by atoms with van der Waals surface area (Å²) in [4.78, 5) is 34.4. The molecule has 8 bridgehead atoms. The first-order valence-corrected chi connectivity index (χ1v) is 27.5. The van der Waals surface area contributed by atoms with Crippen LogP contribution in [0.3, 0.4) is 0 Å². The van der Waals surface area contributed by atoms with Gasteiger partial charge in [-0.1, -0.05) is 91.9 Å². The first-order valence-electron chi connectivity index (χ1n) is 27.5. The van der Waals surface area contributed by atoms with Crippen LogP contribution in [0.4, 0.5) is 5.69 Å². The summed E-state index contributed by atoms with van der Waals surface area (Å²) in [6, 6.07) is 10.6. The average molecular weight is 916 g/mol. The molecule has 3 aromatic heterocycles. The summed E-state index contributed by atoms with van der Waals surface area (Å²) in [5.41, 5.74) is 14.3. The molecule has 68 heavy (non-hydrogen) atoms. The maximum Gasteiger partial charge on any atom is 0.306 e. The fourth-order valence-corrected chi connectivity index (χ4v) is 14.0. The van der Waals surface area contributed by atoms with E-state index in [0.717, 1.165) is 53.0 Å². The molecule has 7 nitrogen and oxygen atoms in total. The molecule has 362 valence electrons. The largest absolute Gasteiger partial charge is 0.481 e. The molecule has 5 fully saturated rings. The smallest absolute Gasteiger partial charge is 0.306 e. The van der Waals surface area contributed by atoms with E-state index in [9.17, 15) is 9.90 Å². The molecule has 0 radical (unpaired) electrons. The second-order valence-corrected chi connectivity index (χ2v) is 24.5. The molecule has 0 spiro atoms. The van der Waals surface area contributed by atoms with Gasteiger partial charge in [-0.15, -0.1) is 0 Å². The fourth-order valence-electron chi connectivity index (χ4n) is 14.0. The van der Waals surface area contributed by atoms with Crippen molar-refractivity contribution in [1.29, 1.82) is 0 Å². The van der Waals surface area contributed by atoms with Gasteiger partial charge in [-0.3, -0.25) is 4.79 Å². The van der Waals surface area contributed by atoms with Gasteiger partial charge in [-0.25, -0.2) is 9.97 Å². The molecule has 3 N–H and O–H groups in total. The zero-order chi connectivity index (χ0) is 47.2. The van der Waals surface area contributed by atoms with Gasteiger partial charge in [0.05, 0.1) is 51.0 Å². The van der Waals surface area contributed by atoms with E-state index in [-0.39, 0.29) is 11.8 Å². The van der Waals surface area contributed by atoms with E-state index < -0.39 is 5.97 Å². The van der Waals surface area contributed by atoms with Crippen molar-refractivity contribution in [3.8, 4) is 11.8 Å². The second kappa shape index (κ2) is 19.7. The number of nitrogens with one attached hydrogen (secondary N) is 2. The summed E-state index contributed by atoms with van der Waals surface area (Å²) in [6.07, 6.45) is 34.2. The molecule has 5 heterocycles. The van der Waals surface area contributed by atoms with E-state index in [0.29, 0.717) is 47.6 Å². The Kier molecular flexibility index (Phi) is 13.6. The summed E-state index contributed by atoms with van der Waals surface area (Å²) in [5.74, 6) is 8.89. The highest BCUT2D eigenvalue weighted by atomic mass is 16.4. The minimum atomic E-state index is -0.674. The molecule has 5 aliphatic carbocycles. The SMILES string of the molecule is CC(C)(C)C1CCC(N(c2c3ccc([nH]3)c(C3CCCCC3)c3nc(c(C#CC4CCC(C(=O)O)CC4)c4nc(c(C5CCCCC5)c5ccc2[nH]5)C=C4)C=C3)C2CCC(C(C)(C)C)CC2)CC1. The molecular weight excluding hydrogens is 835 g/mol. The molecule has 3 aromatic rings. The van der Waals surface area contributed by atoms with Gasteiger partial charge < -0.3 is 20.0 Å². The highest BCUT2D eigenvalue weighted by Crippen LogP contribution is 2.47. The number of aromatic amines is 2. The zero-order valence-corrected chi connectivity index (χ0v) is 42.5. The van der Waals surface area contributed by atoms with Crippen LogP contribution >= 0.6 is 0 Å². The van der Waals surface area contributed by atoms with E-state index in [1.807, 2.05) is 0 Å². The fraction of sp³-hybridized carbons (Fsp3) is 0.623. The minimum Gasteiger partial charge on any atom is -0.481 e. The first kappa shape index (κ1) is 47.1. The van der Waals surface area contributed by atoms with Crippen LogP contribution in [0.2, 0.25) is 0 Å². The molecular formula is C61H81N5O2. The van der Waals surface area contributed by atoms with E-state index in [1.54, 1.807) is 0 Å². The van der Waals surface area contributed by atoms with Crippen molar-refractivity contribution in [3.63, 3.8) is 0 Å². The average Bonchev–Trinajstić information content (AvgIpc) is 4.19. The van der Waals surface area contributed by atoms with Crippen LogP contribution in [0.25, 0.3) is 46.4 Å². The Morgan fingerprint density at radius 2 is 0.956 bits per heavy atom. The monoisotopic (exact) mass is 916 g/mol. The van der Waals surface area contributed by atoms with Crippen LogP contribution in [0.5, 0.6) is 0 Å². The summed E-state index contributed by atoms with van der Waals surface area (Å²) < 4.78 is 0. The predicted molar refractivity (Wildman–Crippen MR) is 283 cm³/mol. The van der Waals surface area contributed by atoms with Crippen molar-refractivity contribution in [1.82, 2.24) is 19.9 Å². The number of H-pyrrole nitrogens is 2. The Bertz CT molecular complexity index is 2450. The van der Waals surface area contributed by atoms with Gasteiger partial charge in [0.25, 0.3) is 0 Å². The van der Waals surface area contributed by atoms with Gasteiger partial charge in [0, 0.05) is 40.2 Å². The molecule has 0 aromatic carbocycles. The third-order valence-electron chi connectivity index (χ3n) is 18.2. The summed E-state index contributed by atoms with van der Waals surface area (Å²) >= 11 is 0. The lowest BCUT2D eigenvalue weighted by atomic mass is 9.69. The van der Waals surface area contributed by atoms with Crippen LogP contribution in [-0.4, -0.2) is 43.1 Å². The lowest BCUT2D eigenvalue weighted by molar-refractivity contribution is -0.142. The Morgan fingerprint density at radius 1 is 0.544 bits per heavy atom. The molecule has 2 aliphatic heterocycles. The molecule has 0 atom stereocenters. The number of anilines is 1. The van der Waals surface area contributed by atoms with Crippen molar-refractivity contribution in [3.05, 3.63) is 63.7 Å². The number of carboxylic acids is 1. The second-order valence-electron chi connectivity index (χ2n) is 24.5. The lowest BCUT2D eigenvalue weighted by Crippen LogP contribution is -2.48. The third-order valence-corrected chi connectivity index (χ3v) is 18.2. The molecule has 10 rings (SSSR count). The highest BCUT2D eigenvalue weighted by molar-refractivity contribution is 5.92. The maximum absolute atomic E-state index is 11.8. The number of nitrogens with zero attached hydrogens (tertiary/aromatic N) is 3. The number of hydrogen-bond acceptors (Lipinski definition) is 4. The maximum atomic E-state index is 11.8. The highest BCUT2D eigenvalue weighted by Gasteiger charge is 2.39. The molecule has 5 saturated carbocycles. The van der Waals surface area contributed by atoms with Gasteiger partial charge in [-0.2, -0.15) is 0 Å². The minimum absolute atomic E-state index is 0.165. The van der Waals surface area contributed by atoms with Crippen molar-refractivity contribution >= 4 is 58.0 Å². The van der Waals surface area contributed by atoms with E-state index in [4.69, 9.17) is 9.97 Å². The van der Waals surface area contributed by atoms with E-state index >= 15 is 0 Å². The van der Waals surface area contributed by atoms with Crippen LogP contribution in [0.15, 0.2) is 24.3 Å². The summed E-state index contributed by atoms with van der Waals surface area (Å²) in [7, 11) is 0. The first-order chi connectivity index (χ1) is 32.8. The Hall–Kier alpha value is -4.57. The Labute approximate surface area is 407 Å². The van der Waals surface area contributed by atoms with Gasteiger partial charge in [-0.05, 0) is 186 Å². The molecule has 0 unspecified atom stereocenters. The van der Waals surface area contributed by atoms with Crippen molar-refractivity contribution in [2.75, 3.05) is 4.90 Å². The topological polar surface area (TPSA) is 97.9 Å². The molecule has 0 amide bonds. The summed E-state index contributed by atoms with van der Waals surface area (Å²) in [6.45, 7) is 14.7. The number of aromatic nitrogens is 4. The third kappa shape index (κ3) is 9.91.